The van der Waals surface area contributed by atoms with Crippen LogP contribution in [0.1, 0.15) is 24.4 Å². The molecule has 0 amide bonds. The van der Waals surface area contributed by atoms with E-state index < -0.39 is 5.82 Å². The molecule has 0 bridgehead atoms. The van der Waals surface area contributed by atoms with Crippen LogP contribution in [0.2, 0.25) is 5.02 Å². The Morgan fingerprint density at radius 2 is 2.29 bits per heavy atom. The van der Waals surface area contributed by atoms with E-state index in [0.717, 1.165) is 25.5 Å². The van der Waals surface area contributed by atoms with E-state index in [1.54, 1.807) is 0 Å². The number of hydrogen-bond donors (Lipinski definition) is 2. The second-order valence-corrected chi connectivity index (χ2v) is 3.88. The molecule has 0 radical (unpaired) electrons. The van der Waals surface area contributed by atoms with Crippen LogP contribution in [0.15, 0.2) is 12.1 Å². The van der Waals surface area contributed by atoms with Crippen molar-refractivity contribution < 1.29 is 9.50 Å². The van der Waals surface area contributed by atoms with Gasteiger partial charge < -0.3 is 10.4 Å². The number of aromatic hydroxyl groups is 1. The van der Waals surface area contributed by atoms with Gasteiger partial charge in [0, 0.05) is 11.6 Å². The lowest BCUT2D eigenvalue weighted by Crippen LogP contribution is -2.13. The van der Waals surface area contributed by atoms with E-state index in [4.69, 9.17) is 11.6 Å². The Hall–Kier alpha value is -0.800. The van der Waals surface area contributed by atoms with Gasteiger partial charge in [0.05, 0.1) is 5.02 Å². The zero-order chi connectivity index (χ0) is 10.1. The third-order valence-corrected chi connectivity index (χ3v) is 2.78. The van der Waals surface area contributed by atoms with Crippen LogP contribution in [0.25, 0.3) is 0 Å². The highest BCUT2D eigenvalue weighted by atomic mass is 35.5. The first-order valence-electron chi connectivity index (χ1n) is 4.60. The van der Waals surface area contributed by atoms with Crippen molar-refractivity contribution in [1.82, 2.24) is 5.32 Å². The lowest BCUT2D eigenvalue weighted by atomic mass is 10.0. The maximum Gasteiger partial charge on any atom is 0.139 e. The maximum absolute atomic E-state index is 13.0. The van der Waals surface area contributed by atoms with Crippen molar-refractivity contribution in [2.45, 2.75) is 18.9 Å². The van der Waals surface area contributed by atoms with Crippen molar-refractivity contribution >= 4 is 11.6 Å². The molecule has 0 unspecified atom stereocenters. The molecule has 0 spiro atoms. The van der Waals surface area contributed by atoms with Crippen molar-refractivity contribution in [2.24, 2.45) is 0 Å². The standard InChI is InChI=1S/C10H11ClFNO/c11-8-5-6(12)4-7(10(8)14)9-2-1-3-13-9/h4-5,9,13-14H,1-3H2/t9-/m0/s1. The molecule has 1 aromatic rings. The number of halogens is 2. The molecule has 0 aliphatic carbocycles. The maximum atomic E-state index is 13.0. The van der Waals surface area contributed by atoms with Crippen molar-refractivity contribution in [3.63, 3.8) is 0 Å². The molecular formula is C10H11ClFNO. The molecule has 76 valence electrons. The fourth-order valence-electron chi connectivity index (χ4n) is 1.80. The molecule has 1 heterocycles. The molecule has 1 fully saturated rings. The van der Waals surface area contributed by atoms with Crippen LogP contribution in [0.3, 0.4) is 0 Å². The average Bonchev–Trinajstić information content (AvgIpc) is 2.63. The average molecular weight is 216 g/mol. The summed E-state index contributed by atoms with van der Waals surface area (Å²) in [7, 11) is 0. The molecule has 1 aliphatic rings. The van der Waals surface area contributed by atoms with Crippen LogP contribution in [-0.4, -0.2) is 11.7 Å². The smallest absolute Gasteiger partial charge is 0.139 e. The summed E-state index contributed by atoms with van der Waals surface area (Å²) in [4.78, 5) is 0. The predicted molar refractivity (Wildman–Crippen MR) is 53.1 cm³/mol. The fourth-order valence-corrected chi connectivity index (χ4v) is 2.01. The van der Waals surface area contributed by atoms with E-state index in [9.17, 15) is 9.50 Å². The summed E-state index contributed by atoms with van der Waals surface area (Å²) in [5, 5.41) is 12.9. The van der Waals surface area contributed by atoms with E-state index in [1.807, 2.05) is 0 Å². The van der Waals surface area contributed by atoms with E-state index >= 15 is 0 Å². The van der Waals surface area contributed by atoms with Crippen LogP contribution in [0, 0.1) is 5.82 Å². The van der Waals surface area contributed by atoms with E-state index in [0.29, 0.717) is 5.56 Å². The van der Waals surface area contributed by atoms with Gasteiger partial charge >= 0.3 is 0 Å². The first kappa shape index (κ1) is 9.74. The van der Waals surface area contributed by atoms with Gasteiger partial charge in [-0.05, 0) is 31.5 Å². The minimum atomic E-state index is -0.406. The molecule has 1 aromatic carbocycles. The van der Waals surface area contributed by atoms with Gasteiger partial charge in [0.25, 0.3) is 0 Å². The summed E-state index contributed by atoms with van der Waals surface area (Å²) in [6, 6.07) is 2.49. The molecule has 2 rings (SSSR count). The zero-order valence-corrected chi connectivity index (χ0v) is 8.31. The first-order valence-corrected chi connectivity index (χ1v) is 4.97. The summed E-state index contributed by atoms with van der Waals surface area (Å²) in [5.41, 5.74) is 0.563. The van der Waals surface area contributed by atoms with Crippen LogP contribution in [0.5, 0.6) is 5.75 Å². The topological polar surface area (TPSA) is 32.3 Å². The molecule has 1 saturated heterocycles. The quantitative estimate of drug-likeness (QED) is 0.755. The zero-order valence-electron chi connectivity index (χ0n) is 7.56. The minimum Gasteiger partial charge on any atom is -0.506 e. The van der Waals surface area contributed by atoms with Gasteiger partial charge in [-0.15, -0.1) is 0 Å². The number of hydrogen-bond acceptors (Lipinski definition) is 2. The number of benzene rings is 1. The Labute approximate surface area is 86.7 Å². The van der Waals surface area contributed by atoms with Gasteiger partial charge in [0.1, 0.15) is 11.6 Å². The van der Waals surface area contributed by atoms with E-state index in [-0.39, 0.29) is 16.8 Å². The second kappa shape index (κ2) is 3.75. The molecule has 14 heavy (non-hydrogen) atoms. The van der Waals surface area contributed by atoms with Gasteiger partial charge in [-0.1, -0.05) is 11.6 Å². The summed E-state index contributed by atoms with van der Waals surface area (Å²) in [5.74, 6) is -0.413. The Balaban J connectivity index is 2.40. The summed E-state index contributed by atoms with van der Waals surface area (Å²) in [6.07, 6.45) is 1.95. The minimum absolute atomic E-state index is 0.00698. The van der Waals surface area contributed by atoms with E-state index in [2.05, 4.69) is 5.32 Å². The lowest BCUT2D eigenvalue weighted by molar-refractivity contribution is 0.454. The fraction of sp³-hybridized carbons (Fsp3) is 0.400. The second-order valence-electron chi connectivity index (χ2n) is 3.47. The largest absolute Gasteiger partial charge is 0.506 e. The highest BCUT2D eigenvalue weighted by Crippen LogP contribution is 2.35. The van der Waals surface area contributed by atoms with Gasteiger partial charge in [-0.3, -0.25) is 0 Å². The third kappa shape index (κ3) is 1.70. The summed E-state index contributed by atoms with van der Waals surface area (Å²) >= 11 is 5.68. The molecular weight excluding hydrogens is 205 g/mol. The van der Waals surface area contributed by atoms with Gasteiger partial charge in [-0.25, -0.2) is 4.39 Å². The van der Waals surface area contributed by atoms with Gasteiger partial charge in [0.15, 0.2) is 0 Å². The summed E-state index contributed by atoms with van der Waals surface area (Å²) in [6.45, 7) is 0.901. The van der Waals surface area contributed by atoms with Crippen molar-refractivity contribution in [1.29, 1.82) is 0 Å². The number of rotatable bonds is 1. The Morgan fingerprint density at radius 3 is 2.93 bits per heavy atom. The Kier molecular flexibility index (Phi) is 2.61. The van der Waals surface area contributed by atoms with Gasteiger partial charge in [-0.2, -0.15) is 0 Å². The van der Waals surface area contributed by atoms with Crippen LogP contribution in [0.4, 0.5) is 4.39 Å². The third-order valence-electron chi connectivity index (χ3n) is 2.49. The molecule has 2 nitrogen and oxygen atoms in total. The monoisotopic (exact) mass is 215 g/mol. The van der Waals surface area contributed by atoms with Crippen LogP contribution >= 0.6 is 11.6 Å². The Morgan fingerprint density at radius 1 is 1.50 bits per heavy atom. The van der Waals surface area contributed by atoms with Crippen LogP contribution in [-0.2, 0) is 0 Å². The highest BCUT2D eigenvalue weighted by Gasteiger charge is 2.21. The summed E-state index contributed by atoms with van der Waals surface area (Å²) < 4.78 is 13.0. The van der Waals surface area contributed by atoms with Crippen molar-refractivity contribution in [2.75, 3.05) is 6.54 Å². The SMILES string of the molecule is Oc1c(Cl)cc(F)cc1[C@@H]1CCCN1. The molecule has 0 saturated carbocycles. The van der Waals surface area contributed by atoms with Crippen LogP contribution < -0.4 is 5.32 Å². The molecule has 0 aromatic heterocycles. The molecule has 2 N–H and O–H groups in total. The van der Waals surface area contributed by atoms with E-state index in [1.165, 1.54) is 6.07 Å². The lowest BCUT2D eigenvalue weighted by Gasteiger charge is -2.13. The van der Waals surface area contributed by atoms with Crippen molar-refractivity contribution in [3.8, 4) is 5.75 Å². The normalized spacial score (nSPS) is 21.4. The predicted octanol–water partition coefficient (Wildman–Crippen LogP) is 2.61. The Bertz CT molecular complexity index is 350. The van der Waals surface area contributed by atoms with Crippen molar-refractivity contribution in [3.05, 3.63) is 28.5 Å². The molecule has 4 heteroatoms. The first-order chi connectivity index (χ1) is 6.68. The molecule has 1 atom stereocenters. The van der Waals surface area contributed by atoms with Gasteiger partial charge in [0.2, 0.25) is 0 Å². The number of phenols is 1. The number of nitrogens with one attached hydrogen (secondary N) is 1. The highest BCUT2D eigenvalue weighted by molar-refractivity contribution is 6.32. The number of phenolic OH excluding ortho intramolecular Hbond substituents is 1. The molecule has 1 aliphatic heterocycles.